The molecule has 0 aliphatic carbocycles. The lowest BCUT2D eigenvalue weighted by Crippen LogP contribution is -2.36. The van der Waals surface area contributed by atoms with Crippen molar-refractivity contribution in [2.45, 2.75) is 33.0 Å². The minimum Gasteiger partial charge on any atom is -0.357 e. The molecule has 0 fully saturated rings. The quantitative estimate of drug-likeness (QED) is 0.766. The zero-order chi connectivity index (χ0) is 11.5. The Morgan fingerprint density at radius 3 is 2.50 bits per heavy atom. The van der Waals surface area contributed by atoms with E-state index in [1.807, 2.05) is 0 Å². The second-order valence-corrected chi connectivity index (χ2v) is 4.43. The molecule has 0 aromatic heterocycles. The molecule has 1 heterocycles. The Balaban J connectivity index is 2.10. The van der Waals surface area contributed by atoms with Gasteiger partial charge < -0.3 is 9.80 Å². The van der Waals surface area contributed by atoms with E-state index in [1.165, 1.54) is 11.3 Å². The van der Waals surface area contributed by atoms with Crippen molar-refractivity contribution >= 4 is 0 Å². The predicted molar refractivity (Wildman–Crippen MR) is 67.6 cm³/mol. The molecule has 1 aromatic rings. The number of hydrogen-bond acceptors (Lipinski definition) is 2. The standard InChI is InChI=1S/C14H20N2/c1-4-14-15(3)12(2)10-16(14)11-13-8-6-5-7-9-13/h5-10,14H,4,11H2,1-3H3. The molecule has 0 bridgehead atoms. The molecule has 0 radical (unpaired) electrons. The highest BCUT2D eigenvalue weighted by Gasteiger charge is 2.25. The van der Waals surface area contributed by atoms with Gasteiger partial charge in [0.25, 0.3) is 0 Å². The number of hydrogen-bond donors (Lipinski definition) is 0. The van der Waals surface area contributed by atoms with Crippen LogP contribution in [0.4, 0.5) is 0 Å². The fourth-order valence-corrected chi connectivity index (χ4v) is 2.33. The van der Waals surface area contributed by atoms with E-state index in [4.69, 9.17) is 0 Å². The molecule has 1 aliphatic rings. The molecule has 16 heavy (non-hydrogen) atoms. The lowest BCUT2D eigenvalue weighted by atomic mass is 10.2. The summed E-state index contributed by atoms with van der Waals surface area (Å²) >= 11 is 0. The first kappa shape index (κ1) is 11.1. The Bertz CT molecular complexity index is 370. The lowest BCUT2D eigenvalue weighted by Gasteiger charge is -2.30. The second-order valence-electron chi connectivity index (χ2n) is 4.43. The summed E-state index contributed by atoms with van der Waals surface area (Å²) in [6.45, 7) is 5.42. The van der Waals surface area contributed by atoms with Gasteiger partial charge in [-0.3, -0.25) is 0 Å². The molecule has 2 rings (SSSR count). The Kier molecular flexibility index (Phi) is 3.18. The highest BCUT2D eigenvalue weighted by molar-refractivity contribution is 5.17. The van der Waals surface area contributed by atoms with Crippen LogP contribution in [0.3, 0.4) is 0 Å². The zero-order valence-electron chi connectivity index (χ0n) is 10.4. The first-order valence-corrected chi connectivity index (χ1v) is 5.93. The van der Waals surface area contributed by atoms with Crippen LogP contribution in [0.15, 0.2) is 42.2 Å². The number of rotatable bonds is 3. The zero-order valence-corrected chi connectivity index (χ0v) is 10.4. The number of allylic oxidation sites excluding steroid dienone is 1. The summed E-state index contributed by atoms with van der Waals surface area (Å²) in [7, 11) is 2.17. The van der Waals surface area contributed by atoms with Crippen molar-refractivity contribution in [3.8, 4) is 0 Å². The fourth-order valence-electron chi connectivity index (χ4n) is 2.33. The molecule has 0 N–H and O–H groups in total. The first-order valence-electron chi connectivity index (χ1n) is 5.93. The molecule has 1 aliphatic heterocycles. The van der Waals surface area contributed by atoms with Crippen molar-refractivity contribution in [3.63, 3.8) is 0 Å². The molecular weight excluding hydrogens is 196 g/mol. The molecule has 0 saturated heterocycles. The molecular formula is C14H20N2. The van der Waals surface area contributed by atoms with Gasteiger partial charge in [0, 0.05) is 25.5 Å². The molecule has 2 heteroatoms. The van der Waals surface area contributed by atoms with Gasteiger partial charge in [-0.05, 0) is 18.9 Å². The van der Waals surface area contributed by atoms with Gasteiger partial charge in [-0.2, -0.15) is 0 Å². The summed E-state index contributed by atoms with van der Waals surface area (Å²) < 4.78 is 0. The van der Waals surface area contributed by atoms with Gasteiger partial charge >= 0.3 is 0 Å². The van der Waals surface area contributed by atoms with Gasteiger partial charge in [-0.15, -0.1) is 0 Å². The van der Waals surface area contributed by atoms with Crippen LogP contribution in [0.5, 0.6) is 0 Å². The van der Waals surface area contributed by atoms with E-state index in [1.54, 1.807) is 0 Å². The van der Waals surface area contributed by atoms with Crippen LogP contribution in [0.25, 0.3) is 0 Å². The van der Waals surface area contributed by atoms with Crippen molar-refractivity contribution < 1.29 is 0 Å². The molecule has 1 aromatic carbocycles. The second kappa shape index (κ2) is 4.60. The minimum atomic E-state index is 0.514. The van der Waals surface area contributed by atoms with E-state index < -0.39 is 0 Å². The third-order valence-electron chi connectivity index (χ3n) is 3.31. The number of benzene rings is 1. The summed E-state index contributed by atoms with van der Waals surface area (Å²) in [6.07, 6.45) is 3.93. The Labute approximate surface area is 98.2 Å². The lowest BCUT2D eigenvalue weighted by molar-refractivity contribution is 0.159. The van der Waals surface area contributed by atoms with E-state index >= 15 is 0 Å². The van der Waals surface area contributed by atoms with Gasteiger partial charge in [-0.25, -0.2) is 0 Å². The van der Waals surface area contributed by atoms with Crippen molar-refractivity contribution in [1.82, 2.24) is 9.80 Å². The fraction of sp³-hybridized carbons (Fsp3) is 0.429. The summed E-state index contributed by atoms with van der Waals surface area (Å²) in [5, 5.41) is 0. The first-order chi connectivity index (χ1) is 7.72. The van der Waals surface area contributed by atoms with E-state index in [9.17, 15) is 0 Å². The minimum absolute atomic E-state index is 0.514. The maximum absolute atomic E-state index is 2.42. The molecule has 0 saturated carbocycles. The Morgan fingerprint density at radius 1 is 1.19 bits per heavy atom. The van der Waals surface area contributed by atoms with Gasteiger partial charge in [0.05, 0.1) is 0 Å². The highest BCUT2D eigenvalue weighted by atomic mass is 15.4. The smallest absolute Gasteiger partial charge is 0.101 e. The van der Waals surface area contributed by atoms with Crippen molar-refractivity contribution in [2.24, 2.45) is 0 Å². The SMILES string of the molecule is CCC1N(Cc2ccccc2)C=C(C)N1C. The molecule has 1 atom stereocenters. The Hall–Kier alpha value is -1.44. The van der Waals surface area contributed by atoms with Crippen molar-refractivity contribution in [1.29, 1.82) is 0 Å². The van der Waals surface area contributed by atoms with Crippen LogP contribution in [0.2, 0.25) is 0 Å². The van der Waals surface area contributed by atoms with Gasteiger partial charge in [0.2, 0.25) is 0 Å². The van der Waals surface area contributed by atoms with E-state index in [0.717, 1.165) is 13.0 Å². The maximum Gasteiger partial charge on any atom is 0.101 e. The van der Waals surface area contributed by atoms with Crippen LogP contribution in [-0.2, 0) is 6.54 Å². The molecule has 2 nitrogen and oxygen atoms in total. The maximum atomic E-state index is 2.42. The van der Waals surface area contributed by atoms with Crippen LogP contribution >= 0.6 is 0 Å². The van der Waals surface area contributed by atoms with Gasteiger partial charge in [-0.1, -0.05) is 37.3 Å². The summed E-state index contributed by atoms with van der Waals surface area (Å²) in [4.78, 5) is 4.77. The van der Waals surface area contributed by atoms with Gasteiger partial charge in [0.1, 0.15) is 6.17 Å². The van der Waals surface area contributed by atoms with E-state index in [0.29, 0.717) is 6.17 Å². The normalized spacial score (nSPS) is 20.2. The molecule has 0 amide bonds. The van der Waals surface area contributed by atoms with Crippen molar-refractivity contribution in [3.05, 3.63) is 47.8 Å². The third-order valence-corrected chi connectivity index (χ3v) is 3.31. The largest absolute Gasteiger partial charge is 0.357 e. The average molecular weight is 216 g/mol. The van der Waals surface area contributed by atoms with Gasteiger partial charge in [0.15, 0.2) is 0 Å². The number of nitrogens with zero attached hydrogens (tertiary/aromatic N) is 2. The van der Waals surface area contributed by atoms with Crippen LogP contribution in [-0.4, -0.2) is 23.0 Å². The summed E-state index contributed by atoms with van der Waals surface area (Å²) in [6, 6.07) is 10.7. The van der Waals surface area contributed by atoms with Crippen LogP contribution < -0.4 is 0 Å². The summed E-state index contributed by atoms with van der Waals surface area (Å²) in [5.41, 5.74) is 2.73. The van der Waals surface area contributed by atoms with E-state index in [-0.39, 0.29) is 0 Å². The highest BCUT2D eigenvalue weighted by Crippen LogP contribution is 2.24. The van der Waals surface area contributed by atoms with Crippen LogP contribution in [0, 0.1) is 0 Å². The molecule has 1 unspecified atom stereocenters. The Morgan fingerprint density at radius 2 is 1.88 bits per heavy atom. The monoisotopic (exact) mass is 216 g/mol. The molecule has 86 valence electrons. The predicted octanol–water partition coefficient (Wildman–Crippen LogP) is 3.03. The van der Waals surface area contributed by atoms with Crippen molar-refractivity contribution in [2.75, 3.05) is 7.05 Å². The van der Waals surface area contributed by atoms with E-state index in [2.05, 4.69) is 67.2 Å². The third kappa shape index (κ3) is 2.06. The topological polar surface area (TPSA) is 6.48 Å². The van der Waals surface area contributed by atoms with Crippen LogP contribution in [0.1, 0.15) is 25.8 Å². The summed E-state index contributed by atoms with van der Waals surface area (Å²) in [5.74, 6) is 0. The average Bonchev–Trinajstić information content (AvgIpc) is 2.56. The molecule has 0 spiro atoms.